The number of carbonyl (C=O) groups is 1. The Morgan fingerprint density at radius 2 is 1.55 bits per heavy atom. The van der Waals surface area contributed by atoms with Crippen LogP contribution in [-0.2, 0) is 23.8 Å². The third-order valence-corrected chi connectivity index (χ3v) is 4.63. The van der Waals surface area contributed by atoms with Crippen LogP contribution in [0.2, 0.25) is 0 Å². The minimum Gasteiger partial charge on any atom is -0.394 e. The van der Waals surface area contributed by atoms with Gasteiger partial charge in [-0.15, -0.1) is 0 Å². The normalized spacial score (nSPS) is 43.0. The summed E-state index contributed by atoms with van der Waals surface area (Å²) in [6.45, 7) is 3.38. The highest BCUT2D eigenvalue weighted by atomic mass is 16.7. The number of ether oxygens (including phenoxy) is 3. The van der Waals surface area contributed by atoms with Crippen molar-refractivity contribution in [2.24, 2.45) is 0 Å². The second-order valence-electron chi connectivity index (χ2n) is 6.83. The molecule has 2 aliphatic rings. The Morgan fingerprint density at radius 3 is 2.10 bits per heavy atom. The summed E-state index contributed by atoms with van der Waals surface area (Å²) in [6, 6.07) is 0. The predicted octanol–water partition coefficient (Wildman–Crippen LogP) is -4.77. The maximum Gasteiger partial charge on any atom is 0.269 e. The van der Waals surface area contributed by atoms with E-state index in [0.29, 0.717) is 0 Å². The van der Waals surface area contributed by atoms with E-state index in [1.165, 1.54) is 6.92 Å². The van der Waals surface area contributed by atoms with Gasteiger partial charge in [0.15, 0.2) is 12.6 Å². The molecule has 29 heavy (non-hydrogen) atoms. The number of hydroxylamine groups is 1. The molecule has 2 aliphatic heterocycles. The molecule has 0 unspecified atom stereocenters. The summed E-state index contributed by atoms with van der Waals surface area (Å²) < 4.78 is 15.7. The summed E-state index contributed by atoms with van der Waals surface area (Å²) in [5.74, 6) is -0.720. The fourth-order valence-corrected chi connectivity index (χ4v) is 2.90. The van der Waals surface area contributed by atoms with Gasteiger partial charge in [0, 0.05) is 5.57 Å². The van der Waals surface area contributed by atoms with Gasteiger partial charge in [0.2, 0.25) is 0 Å². The van der Waals surface area contributed by atoms with Crippen molar-refractivity contribution in [3.8, 4) is 0 Å². The Hall–Kier alpha value is -1.23. The molecule has 0 spiro atoms. The number of hydrogen-bond acceptors (Lipinski definition) is 12. The average Bonchev–Trinajstić information content (AvgIpc) is 2.69. The minimum absolute atomic E-state index is 0.0911. The van der Waals surface area contributed by atoms with E-state index < -0.39 is 80.5 Å². The van der Waals surface area contributed by atoms with Crippen LogP contribution in [0.25, 0.3) is 0 Å². The maximum atomic E-state index is 11.6. The molecule has 0 aromatic carbocycles. The molecule has 13 nitrogen and oxygen atoms in total. The summed E-state index contributed by atoms with van der Waals surface area (Å²) >= 11 is 0. The van der Waals surface area contributed by atoms with Crippen molar-refractivity contribution in [1.82, 2.24) is 5.48 Å². The Morgan fingerprint density at radius 1 is 0.931 bits per heavy atom. The van der Waals surface area contributed by atoms with E-state index in [4.69, 9.17) is 19.0 Å². The van der Waals surface area contributed by atoms with Crippen LogP contribution in [0.1, 0.15) is 6.92 Å². The predicted molar refractivity (Wildman–Crippen MR) is 90.4 cm³/mol. The highest BCUT2D eigenvalue weighted by Crippen LogP contribution is 2.29. The van der Waals surface area contributed by atoms with Gasteiger partial charge in [-0.1, -0.05) is 6.58 Å². The molecule has 0 bridgehead atoms. The Bertz CT molecular complexity index is 574. The average molecular weight is 425 g/mol. The number of rotatable bonds is 7. The van der Waals surface area contributed by atoms with Crippen molar-refractivity contribution in [3.63, 3.8) is 0 Å². The summed E-state index contributed by atoms with van der Waals surface area (Å²) in [5.41, 5.74) is 2.08. The number of hydrogen-bond donors (Lipinski definition) is 8. The van der Waals surface area contributed by atoms with Crippen LogP contribution < -0.4 is 5.48 Å². The topological polar surface area (TPSA) is 208 Å². The zero-order chi connectivity index (χ0) is 21.9. The fourth-order valence-electron chi connectivity index (χ4n) is 2.90. The fraction of sp³-hybridized carbons (Fsp3) is 0.812. The standard InChI is InChI=1S/C16H27NO12/c1-5(2)14(24)17-29-13-8(20)6(3-18)27-16(11(13)23)28-12-7(4-19)26-15(25)10(22)9(12)21/h6-13,15-16,18-23,25H,1,3-4H2,2H3,(H,17,24)/t6-,7-,8-,9-,10-,11-,12-,13+,15-,16-/m1/s1. The number of carbonyl (C=O) groups excluding carboxylic acids is 1. The van der Waals surface area contributed by atoms with Crippen LogP contribution in [0, 0.1) is 0 Å². The number of aliphatic hydroxyl groups excluding tert-OH is 7. The van der Waals surface area contributed by atoms with Crippen molar-refractivity contribution in [2.75, 3.05) is 13.2 Å². The van der Waals surface area contributed by atoms with E-state index >= 15 is 0 Å². The zero-order valence-corrected chi connectivity index (χ0v) is 15.6. The molecule has 2 heterocycles. The molecule has 0 aromatic rings. The number of amides is 1. The van der Waals surface area contributed by atoms with E-state index in [-0.39, 0.29) is 5.57 Å². The first-order valence-electron chi connectivity index (χ1n) is 8.82. The lowest BCUT2D eigenvalue weighted by Crippen LogP contribution is -2.65. The number of nitrogens with one attached hydrogen (secondary N) is 1. The van der Waals surface area contributed by atoms with Gasteiger partial charge in [-0.05, 0) is 6.92 Å². The molecule has 0 aromatic heterocycles. The highest BCUT2D eigenvalue weighted by Gasteiger charge is 2.51. The lowest BCUT2D eigenvalue weighted by Gasteiger charge is -2.45. The van der Waals surface area contributed by atoms with Gasteiger partial charge in [0.25, 0.3) is 5.91 Å². The lowest BCUT2D eigenvalue weighted by atomic mass is 9.97. The molecule has 8 N–H and O–H groups in total. The molecule has 0 aliphatic carbocycles. The van der Waals surface area contributed by atoms with E-state index in [1.54, 1.807) is 0 Å². The van der Waals surface area contributed by atoms with Gasteiger partial charge in [-0.2, -0.15) is 0 Å². The quantitative estimate of drug-likeness (QED) is 0.143. The first-order valence-corrected chi connectivity index (χ1v) is 8.82. The van der Waals surface area contributed by atoms with Gasteiger partial charge in [-0.25, -0.2) is 5.48 Å². The van der Waals surface area contributed by atoms with E-state index in [0.717, 1.165) is 0 Å². The molecule has 1 amide bonds. The third kappa shape index (κ3) is 5.28. The molecule has 2 rings (SSSR count). The van der Waals surface area contributed by atoms with Crippen LogP contribution >= 0.6 is 0 Å². The van der Waals surface area contributed by atoms with Crippen LogP contribution in [0.15, 0.2) is 12.2 Å². The van der Waals surface area contributed by atoms with Crippen LogP contribution in [0.3, 0.4) is 0 Å². The molecule has 0 radical (unpaired) electrons. The van der Waals surface area contributed by atoms with Gasteiger partial charge >= 0.3 is 0 Å². The molecule has 10 atom stereocenters. The monoisotopic (exact) mass is 425 g/mol. The summed E-state index contributed by atoms with van der Waals surface area (Å²) in [4.78, 5) is 16.6. The SMILES string of the molecule is C=C(C)C(=O)NO[C@@H]1[C@@H](O)[C@@H](O[C@H]2[C@H](O)[C@@H](O)[C@H](O)O[C@@H]2CO)O[C@H](CO)[C@H]1O. The first-order chi connectivity index (χ1) is 13.6. The van der Waals surface area contributed by atoms with Gasteiger partial charge in [0.05, 0.1) is 13.2 Å². The molecule has 2 fully saturated rings. The largest absolute Gasteiger partial charge is 0.394 e. The Labute approximate surface area is 165 Å². The smallest absolute Gasteiger partial charge is 0.269 e. The molecule has 13 heteroatoms. The second kappa shape index (κ2) is 10.2. The van der Waals surface area contributed by atoms with E-state index in [2.05, 4.69) is 6.58 Å². The maximum absolute atomic E-state index is 11.6. The van der Waals surface area contributed by atoms with Crippen molar-refractivity contribution in [1.29, 1.82) is 0 Å². The van der Waals surface area contributed by atoms with Crippen LogP contribution in [-0.4, -0.2) is 116 Å². The van der Waals surface area contributed by atoms with Crippen molar-refractivity contribution < 1.29 is 59.6 Å². The molecule has 168 valence electrons. The van der Waals surface area contributed by atoms with E-state index in [9.17, 15) is 40.5 Å². The summed E-state index contributed by atoms with van der Waals surface area (Å²) in [6.07, 6.45) is -15.8. The second-order valence-corrected chi connectivity index (χ2v) is 6.83. The van der Waals surface area contributed by atoms with Crippen molar-refractivity contribution in [2.45, 2.75) is 68.3 Å². The zero-order valence-electron chi connectivity index (χ0n) is 15.6. The van der Waals surface area contributed by atoms with Crippen LogP contribution in [0.5, 0.6) is 0 Å². The Kier molecular flexibility index (Phi) is 8.45. The molecular weight excluding hydrogens is 398 g/mol. The minimum atomic E-state index is -1.78. The van der Waals surface area contributed by atoms with Crippen molar-refractivity contribution in [3.05, 3.63) is 12.2 Å². The lowest BCUT2D eigenvalue weighted by molar-refractivity contribution is -0.360. The summed E-state index contributed by atoms with van der Waals surface area (Å²) in [7, 11) is 0. The van der Waals surface area contributed by atoms with E-state index in [1.807, 2.05) is 5.48 Å². The number of aliphatic hydroxyl groups is 7. The first kappa shape index (κ1) is 24.0. The third-order valence-electron chi connectivity index (χ3n) is 4.63. The summed E-state index contributed by atoms with van der Waals surface area (Å²) in [5, 5.41) is 68.9. The molecular formula is C16H27NO12. The van der Waals surface area contributed by atoms with Gasteiger partial charge in [-0.3, -0.25) is 9.63 Å². The van der Waals surface area contributed by atoms with Gasteiger partial charge in [0.1, 0.15) is 48.8 Å². The van der Waals surface area contributed by atoms with Crippen molar-refractivity contribution >= 4 is 5.91 Å². The molecule has 0 saturated carbocycles. The molecule has 2 saturated heterocycles. The Balaban J connectivity index is 2.15. The van der Waals surface area contributed by atoms with Crippen LogP contribution in [0.4, 0.5) is 0 Å². The highest BCUT2D eigenvalue weighted by molar-refractivity contribution is 5.91. The van der Waals surface area contributed by atoms with Gasteiger partial charge < -0.3 is 50.0 Å².